The molecule has 1 aliphatic heterocycles. The minimum absolute atomic E-state index is 0.651. The molecule has 0 bridgehead atoms. The Morgan fingerprint density at radius 1 is 1.26 bits per heavy atom. The Kier molecular flexibility index (Phi) is 5.06. The molecule has 1 fully saturated rings. The van der Waals surface area contributed by atoms with Gasteiger partial charge >= 0.3 is 0 Å². The summed E-state index contributed by atoms with van der Waals surface area (Å²) in [7, 11) is 0. The van der Waals surface area contributed by atoms with Crippen LogP contribution in [0.4, 0.5) is 0 Å². The van der Waals surface area contributed by atoms with Gasteiger partial charge in [0.2, 0.25) is 0 Å². The van der Waals surface area contributed by atoms with Crippen molar-refractivity contribution in [1.82, 2.24) is 10.2 Å². The molecule has 0 spiro atoms. The topological polar surface area (TPSA) is 28.4 Å². The van der Waals surface area contributed by atoms with Gasteiger partial charge in [-0.15, -0.1) is 0 Å². The second kappa shape index (κ2) is 6.58. The third-order valence-corrected chi connectivity index (χ3v) is 4.35. The molecule has 3 nitrogen and oxygen atoms in total. The molecule has 3 atom stereocenters. The summed E-state index contributed by atoms with van der Waals surface area (Å²) in [5.41, 5.74) is 0. The maximum absolute atomic E-state index is 5.90. The smallest absolute Gasteiger partial charge is 0.118 e. The van der Waals surface area contributed by atoms with Crippen molar-refractivity contribution in [2.24, 2.45) is 11.8 Å². The summed E-state index contributed by atoms with van der Waals surface area (Å²) in [5, 5.41) is 3.30. The molecule has 3 heteroatoms. The minimum atomic E-state index is 0.651. The highest BCUT2D eigenvalue weighted by Gasteiger charge is 2.29. The van der Waals surface area contributed by atoms with E-state index in [4.69, 9.17) is 4.42 Å². The SMILES string of the molecule is CCNCc1ccc(CN2CC(C)CC(C)C2C)o1. The zero-order chi connectivity index (χ0) is 13.8. The van der Waals surface area contributed by atoms with Crippen LogP contribution < -0.4 is 5.32 Å². The van der Waals surface area contributed by atoms with E-state index < -0.39 is 0 Å². The van der Waals surface area contributed by atoms with Gasteiger partial charge < -0.3 is 9.73 Å². The number of hydrogen-bond donors (Lipinski definition) is 1. The van der Waals surface area contributed by atoms with E-state index in [0.717, 1.165) is 43.0 Å². The molecule has 1 saturated heterocycles. The van der Waals surface area contributed by atoms with Crippen molar-refractivity contribution in [2.45, 2.75) is 53.2 Å². The van der Waals surface area contributed by atoms with Gasteiger partial charge in [-0.1, -0.05) is 20.8 Å². The van der Waals surface area contributed by atoms with Crippen LogP contribution in [0.3, 0.4) is 0 Å². The average molecular weight is 264 g/mol. The fourth-order valence-corrected chi connectivity index (χ4v) is 3.09. The molecule has 1 aromatic rings. The van der Waals surface area contributed by atoms with Gasteiger partial charge in [0.15, 0.2) is 0 Å². The summed E-state index contributed by atoms with van der Waals surface area (Å²) in [6.45, 7) is 13.1. The molecule has 0 aliphatic carbocycles. The first-order valence-electron chi connectivity index (χ1n) is 7.62. The van der Waals surface area contributed by atoms with Gasteiger partial charge in [0.1, 0.15) is 11.5 Å². The standard InChI is InChI=1S/C16H28N2O/c1-5-17-9-15-6-7-16(19-15)11-18-10-12(2)8-13(3)14(18)4/h6-7,12-14,17H,5,8-11H2,1-4H3. The van der Waals surface area contributed by atoms with Crippen LogP contribution in [0.25, 0.3) is 0 Å². The first-order chi connectivity index (χ1) is 9.10. The molecule has 0 radical (unpaired) electrons. The van der Waals surface area contributed by atoms with E-state index in [1.54, 1.807) is 0 Å². The summed E-state index contributed by atoms with van der Waals surface area (Å²) in [5.74, 6) is 3.71. The monoisotopic (exact) mass is 264 g/mol. The van der Waals surface area contributed by atoms with Gasteiger partial charge in [-0.3, -0.25) is 4.90 Å². The molecule has 2 rings (SSSR count). The van der Waals surface area contributed by atoms with Gasteiger partial charge in [0.05, 0.1) is 13.1 Å². The zero-order valence-corrected chi connectivity index (χ0v) is 12.8. The highest BCUT2D eigenvalue weighted by molar-refractivity contribution is 5.07. The molecule has 0 amide bonds. The van der Waals surface area contributed by atoms with Crippen molar-refractivity contribution >= 4 is 0 Å². The fourth-order valence-electron chi connectivity index (χ4n) is 3.09. The fraction of sp³-hybridized carbons (Fsp3) is 0.750. The van der Waals surface area contributed by atoms with E-state index >= 15 is 0 Å². The number of furan rings is 1. The van der Waals surface area contributed by atoms with Crippen molar-refractivity contribution in [2.75, 3.05) is 13.1 Å². The normalized spacial score (nSPS) is 28.7. The van der Waals surface area contributed by atoms with E-state index in [9.17, 15) is 0 Å². The number of rotatable bonds is 5. The molecule has 1 aromatic heterocycles. The van der Waals surface area contributed by atoms with Crippen molar-refractivity contribution in [3.05, 3.63) is 23.7 Å². The molecule has 19 heavy (non-hydrogen) atoms. The lowest BCUT2D eigenvalue weighted by Gasteiger charge is -2.40. The number of piperidine rings is 1. The van der Waals surface area contributed by atoms with Gasteiger partial charge in [-0.05, 0) is 43.9 Å². The predicted octanol–water partition coefficient (Wildman–Crippen LogP) is 3.26. The minimum Gasteiger partial charge on any atom is -0.463 e. The summed E-state index contributed by atoms with van der Waals surface area (Å²) in [6.07, 6.45) is 1.35. The lowest BCUT2D eigenvalue weighted by molar-refractivity contribution is 0.0665. The first-order valence-corrected chi connectivity index (χ1v) is 7.62. The summed E-state index contributed by atoms with van der Waals surface area (Å²) >= 11 is 0. The average Bonchev–Trinajstić information content (AvgIpc) is 2.80. The van der Waals surface area contributed by atoms with Gasteiger partial charge in [-0.2, -0.15) is 0 Å². The Hall–Kier alpha value is -0.800. The molecular weight excluding hydrogens is 236 g/mol. The van der Waals surface area contributed by atoms with Gasteiger partial charge in [0, 0.05) is 12.6 Å². The van der Waals surface area contributed by atoms with Crippen LogP contribution in [0.15, 0.2) is 16.5 Å². The van der Waals surface area contributed by atoms with Crippen molar-refractivity contribution in [3.63, 3.8) is 0 Å². The van der Waals surface area contributed by atoms with E-state index in [1.165, 1.54) is 13.0 Å². The molecular formula is C16H28N2O. The Morgan fingerprint density at radius 3 is 2.74 bits per heavy atom. The summed E-state index contributed by atoms with van der Waals surface area (Å²) in [4.78, 5) is 2.56. The Bertz CT molecular complexity index is 388. The molecule has 0 saturated carbocycles. The van der Waals surface area contributed by atoms with Crippen LogP contribution in [0, 0.1) is 11.8 Å². The highest BCUT2D eigenvalue weighted by atomic mass is 16.3. The lowest BCUT2D eigenvalue weighted by Crippen LogP contribution is -2.45. The second-order valence-electron chi connectivity index (χ2n) is 6.14. The van der Waals surface area contributed by atoms with Crippen molar-refractivity contribution < 1.29 is 4.42 Å². The van der Waals surface area contributed by atoms with Crippen LogP contribution in [0.5, 0.6) is 0 Å². The third-order valence-electron chi connectivity index (χ3n) is 4.35. The lowest BCUT2D eigenvalue weighted by atomic mass is 9.86. The molecule has 3 unspecified atom stereocenters. The molecule has 2 heterocycles. The van der Waals surface area contributed by atoms with Crippen molar-refractivity contribution in [1.29, 1.82) is 0 Å². The van der Waals surface area contributed by atoms with E-state index in [1.807, 2.05) is 0 Å². The van der Waals surface area contributed by atoms with E-state index in [-0.39, 0.29) is 0 Å². The number of likely N-dealkylation sites (tertiary alicyclic amines) is 1. The van der Waals surface area contributed by atoms with Crippen LogP contribution in [-0.2, 0) is 13.1 Å². The van der Waals surface area contributed by atoms with Gasteiger partial charge in [-0.25, -0.2) is 0 Å². The second-order valence-corrected chi connectivity index (χ2v) is 6.14. The van der Waals surface area contributed by atoms with Crippen LogP contribution in [0.2, 0.25) is 0 Å². The summed E-state index contributed by atoms with van der Waals surface area (Å²) < 4.78 is 5.90. The van der Waals surface area contributed by atoms with Gasteiger partial charge in [0.25, 0.3) is 0 Å². The number of nitrogens with one attached hydrogen (secondary N) is 1. The number of hydrogen-bond acceptors (Lipinski definition) is 3. The molecule has 1 N–H and O–H groups in total. The van der Waals surface area contributed by atoms with Crippen LogP contribution in [-0.4, -0.2) is 24.0 Å². The Labute approximate surface area is 117 Å². The third kappa shape index (κ3) is 3.83. The highest BCUT2D eigenvalue weighted by Crippen LogP contribution is 2.28. The number of nitrogens with zero attached hydrogens (tertiary/aromatic N) is 1. The largest absolute Gasteiger partial charge is 0.463 e. The first kappa shape index (κ1) is 14.6. The van der Waals surface area contributed by atoms with Crippen LogP contribution >= 0.6 is 0 Å². The Morgan fingerprint density at radius 2 is 2.00 bits per heavy atom. The maximum Gasteiger partial charge on any atom is 0.118 e. The predicted molar refractivity (Wildman–Crippen MR) is 78.9 cm³/mol. The van der Waals surface area contributed by atoms with Crippen molar-refractivity contribution in [3.8, 4) is 0 Å². The maximum atomic E-state index is 5.90. The molecule has 1 aliphatic rings. The van der Waals surface area contributed by atoms with E-state index in [0.29, 0.717) is 6.04 Å². The van der Waals surface area contributed by atoms with Crippen LogP contribution in [0.1, 0.15) is 45.6 Å². The zero-order valence-electron chi connectivity index (χ0n) is 12.8. The Balaban J connectivity index is 1.94. The molecule has 0 aromatic carbocycles. The quantitative estimate of drug-likeness (QED) is 0.885. The molecule has 108 valence electrons. The van der Waals surface area contributed by atoms with E-state index in [2.05, 4.69) is 50.0 Å². The summed E-state index contributed by atoms with van der Waals surface area (Å²) in [6, 6.07) is 4.88.